The van der Waals surface area contributed by atoms with Crippen LogP contribution in [0.3, 0.4) is 0 Å². The molecule has 49 heavy (non-hydrogen) atoms. The third-order valence-corrected chi connectivity index (χ3v) is 18.4. The van der Waals surface area contributed by atoms with Crippen molar-refractivity contribution in [3.63, 3.8) is 0 Å². The SMILES string of the molecule is O=C(NCCSCSCCN=CS(=O)CCSCSCCSC(=O)NCCSCSCCN=CS(=O)CCSCCO)SCCSCCO. The standard InChI is InChI=1S/C27H52N4O6S12/c32-5-11-38-13-15-46-26(34)30-3-9-42-24-41-8-2-29-22-49(37)20-18-45-25-44-14-16-47-27(35)31-4-10-43-23-40-7-1-28-21-48(36)19-17-39-12-6-33/h21-22,32-33H,1-20,23-25H2,(H,30,34)(H,31,35). The third kappa shape index (κ3) is 42.6. The maximum Gasteiger partial charge on any atom is 0.279 e. The van der Waals surface area contributed by atoms with E-state index < -0.39 is 21.6 Å². The zero-order chi connectivity index (χ0) is 35.9. The van der Waals surface area contributed by atoms with Gasteiger partial charge in [-0.2, -0.15) is 47.0 Å². The molecule has 0 rings (SSSR count). The number of aliphatic imine (C=N–C) groups is 2. The number of hydrogen-bond donors (Lipinski definition) is 4. The van der Waals surface area contributed by atoms with Crippen LogP contribution in [0.25, 0.3) is 0 Å². The molecule has 0 aliphatic carbocycles. The molecule has 0 saturated carbocycles. The fourth-order valence-corrected chi connectivity index (χ4v) is 14.0. The summed E-state index contributed by atoms with van der Waals surface area (Å²) in [4.78, 5) is 32.2. The van der Waals surface area contributed by atoms with Crippen molar-refractivity contribution in [1.82, 2.24) is 10.6 Å². The van der Waals surface area contributed by atoms with Crippen LogP contribution in [0.1, 0.15) is 0 Å². The minimum absolute atomic E-state index is 0.0104. The van der Waals surface area contributed by atoms with Crippen molar-refractivity contribution in [2.24, 2.45) is 9.98 Å². The topological polar surface area (TPSA) is 158 Å². The molecule has 0 aromatic carbocycles. The van der Waals surface area contributed by atoms with Crippen molar-refractivity contribution in [2.45, 2.75) is 0 Å². The zero-order valence-corrected chi connectivity index (χ0v) is 37.5. The van der Waals surface area contributed by atoms with Crippen molar-refractivity contribution in [3.8, 4) is 0 Å². The highest BCUT2D eigenvalue weighted by Crippen LogP contribution is 2.15. The van der Waals surface area contributed by atoms with Crippen molar-refractivity contribution in [2.75, 3.05) is 135 Å². The summed E-state index contributed by atoms with van der Waals surface area (Å²) in [7, 11) is -2.07. The predicted molar refractivity (Wildman–Crippen MR) is 243 cm³/mol. The molecule has 0 aromatic rings. The molecule has 288 valence electrons. The molecule has 22 heteroatoms. The van der Waals surface area contributed by atoms with E-state index in [4.69, 9.17) is 10.2 Å². The average molecular weight is 914 g/mol. The van der Waals surface area contributed by atoms with Gasteiger partial charge in [-0.3, -0.25) is 28.0 Å². The van der Waals surface area contributed by atoms with Crippen molar-refractivity contribution < 1.29 is 28.2 Å². The maximum absolute atomic E-state index is 12.1. The molecule has 2 atom stereocenters. The third-order valence-electron chi connectivity index (χ3n) is 4.90. The van der Waals surface area contributed by atoms with E-state index in [1.807, 2.05) is 0 Å². The molecule has 0 saturated heterocycles. The van der Waals surface area contributed by atoms with Gasteiger partial charge in [0.05, 0.1) is 45.9 Å². The molecule has 0 fully saturated rings. The second kappa shape index (κ2) is 42.7. The van der Waals surface area contributed by atoms with Crippen LogP contribution in [-0.4, -0.2) is 175 Å². The lowest BCUT2D eigenvalue weighted by Gasteiger charge is -2.05. The number of carbonyl (C=O) groups excluding carboxylic acids is 2. The largest absolute Gasteiger partial charge is 0.396 e. The molecule has 4 N–H and O–H groups in total. The molecular weight excluding hydrogens is 861 g/mol. The van der Waals surface area contributed by atoms with E-state index in [0.717, 1.165) is 72.8 Å². The summed E-state index contributed by atoms with van der Waals surface area (Å²) >= 11 is 16.5. The molecule has 0 spiro atoms. The second-order valence-corrected chi connectivity index (χ2v) is 23.9. The summed E-state index contributed by atoms with van der Waals surface area (Å²) in [6.07, 6.45) is 0. The van der Waals surface area contributed by atoms with E-state index in [9.17, 15) is 18.0 Å². The highest BCUT2D eigenvalue weighted by Gasteiger charge is 2.03. The Morgan fingerprint density at radius 3 is 1.39 bits per heavy atom. The van der Waals surface area contributed by atoms with Gasteiger partial charge in [0.2, 0.25) is 0 Å². The lowest BCUT2D eigenvalue weighted by Crippen LogP contribution is -2.22. The molecule has 2 amide bonds. The summed E-state index contributed by atoms with van der Waals surface area (Å²) in [5.74, 6) is 10.9. The first kappa shape index (κ1) is 51.0. The first-order chi connectivity index (χ1) is 24.0. The molecule has 0 heterocycles. The van der Waals surface area contributed by atoms with Crippen LogP contribution >= 0.6 is 118 Å². The van der Waals surface area contributed by atoms with Gasteiger partial charge < -0.3 is 20.8 Å². The van der Waals surface area contributed by atoms with Crippen molar-refractivity contribution in [3.05, 3.63) is 0 Å². The number of carbonyl (C=O) groups is 2. The van der Waals surface area contributed by atoms with Gasteiger partial charge in [0.25, 0.3) is 10.5 Å². The Morgan fingerprint density at radius 1 is 0.510 bits per heavy atom. The van der Waals surface area contributed by atoms with Crippen LogP contribution in [0, 0.1) is 0 Å². The minimum atomic E-state index is -1.04. The first-order valence-corrected chi connectivity index (χ1v) is 29.4. The van der Waals surface area contributed by atoms with Crippen LogP contribution in [0.4, 0.5) is 9.59 Å². The van der Waals surface area contributed by atoms with Crippen molar-refractivity contribution >= 4 is 161 Å². The minimum Gasteiger partial charge on any atom is -0.396 e. The average Bonchev–Trinajstić information content (AvgIpc) is 3.09. The van der Waals surface area contributed by atoms with E-state index in [2.05, 4.69) is 20.6 Å². The van der Waals surface area contributed by atoms with E-state index >= 15 is 0 Å². The molecule has 10 nitrogen and oxygen atoms in total. The smallest absolute Gasteiger partial charge is 0.279 e. The first-order valence-electron chi connectivity index (χ1n) is 15.4. The number of hydrogen-bond acceptors (Lipinski definition) is 18. The lowest BCUT2D eigenvalue weighted by molar-refractivity contribution is 0.260. The number of nitrogens with zero attached hydrogens (tertiary/aromatic N) is 2. The van der Waals surface area contributed by atoms with Gasteiger partial charge in [0.1, 0.15) is 0 Å². The van der Waals surface area contributed by atoms with Gasteiger partial charge >= 0.3 is 0 Å². The number of aliphatic hydroxyl groups excluding tert-OH is 2. The Morgan fingerprint density at radius 2 is 0.898 bits per heavy atom. The molecule has 2 unspecified atom stereocenters. The Kier molecular flexibility index (Phi) is 44.5. The Balaban J connectivity index is 3.41. The Hall–Kier alpha value is 2.00. The molecule has 0 bridgehead atoms. The second-order valence-electron chi connectivity index (χ2n) is 8.79. The number of amides is 2. The van der Waals surface area contributed by atoms with Crippen LogP contribution < -0.4 is 10.6 Å². The van der Waals surface area contributed by atoms with Crippen LogP contribution in [0.15, 0.2) is 9.98 Å². The Labute approximate surface area is 341 Å². The monoisotopic (exact) mass is 912 g/mol. The van der Waals surface area contributed by atoms with Gasteiger partial charge in [0.15, 0.2) is 0 Å². The molecule has 0 aliphatic heterocycles. The van der Waals surface area contributed by atoms with Gasteiger partial charge in [-0.1, -0.05) is 23.5 Å². The number of thioether (sulfide) groups is 10. The predicted octanol–water partition coefficient (Wildman–Crippen LogP) is 5.15. The number of rotatable bonds is 36. The summed E-state index contributed by atoms with van der Waals surface area (Å²) in [5.41, 5.74) is 3.10. The van der Waals surface area contributed by atoms with Gasteiger partial charge in [-0.15, -0.1) is 47.0 Å². The van der Waals surface area contributed by atoms with Crippen LogP contribution in [0.2, 0.25) is 0 Å². The van der Waals surface area contributed by atoms with Crippen LogP contribution in [-0.2, 0) is 21.6 Å². The lowest BCUT2D eigenvalue weighted by atomic mass is 10.8. The number of aliphatic hydroxyl groups is 2. The summed E-state index contributed by atoms with van der Waals surface area (Å²) in [6.45, 7) is 2.95. The summed E-state index contributed by atoms with van der Waals surface area (Å²) < 4.78 is 23.8. The zero-order valence-electron chi connectivity index (χ0n) is 27.7. The van der Waals surface area contributed by atoms with E-state index in [1.54, 1.807) is 99.6 Å². The van der Waals surface area contributed by atoms with Crippen LogP contribution in [0.5, 0.6) is 0 Å². The molecule has 0 aromatic heterocycles. The summed E-state index contributed by atoms with van der Waals surface area (Å²) in [5, 5.41) is 26.1. The number of nitrogens with one attached hydrogen (secondary N) is 2. The fourth-order valence-electron chi connectivity index (χ4n) is 2.70. The van der Waals surface area contributed by atoms with E-state index in [0.29, 0.717) is 49.2 Å². The molecular formula is C27H52N4O6S12. The fraction of sp³-hybridized carbons (Fsp3) is 0.852. The normalized spacial score (nSPS) is 12.9. The maximum atomic E-state index is 12.1. The van der Waals surface area contributed by atoms with Gasteiger partial charge in [-0.05, 0) is 0 Å². The quantitative estimate of drug-likeness (QED) is 0.0283. The van der Waals surface area contributed by atoms with E-state index in [1.165, 1.54) is 29.1 Å². The van der Waals surface area contributed by atoms with E-state index in [-0.39, 0.29) is 23.7 Å². The Bertz CT molecular complexity index is 899. The van der Waals surface area contributed by atoms with Crippen molar-refractivity contribution in [1.29, 1.82) is 0 Å². The molecule has 0 radical (unpaired) electrons. The highest BCUT2D eigenvalue weighted by atomic mass is 32.2. The highest BCUT2D eigenvalue weighted by molar-refractivity contribution is 8.18. The summed E-state index contributed by atoms with van der Waals surface area (Å²) in [6, 6.07) is 0. The van der Waals surface area contributed by atoms with Gasteiger partial charge in [-0.25, -0.2) is 0 Å². The molecule has 0 aliphatic rings. The van der Waals surface area contributed by atoms with Gasteiger partial charge in [0, 0.05) is 122 Å².